The van der Waals surface area contributed by atoms with Crippen LogP contribution in [-0.2, 0) is 0 Å². The summed E-state index contributed by atoms with van der Waals surface area (Å²) in [6.07, 6.45) is 23.0. The van der Waals surface area contributed by atoms with Crippen molar-refractivity contribution in [1.29, 1.82) is 0 Å². The molecule has 1 saturated carbocycles. The van der Waals surface area contributed by atoms with Gasteiger partial charge in [0.05, 0.1) is 0 Å². The smallest absolute Gasteiger partial charge is 0.187 e. The molecule has 4 heteroatoms. The Morgan fingerprint density at radius 3 is 2.62 bits per heavy atom. The summed E-state index contributed by atoms with van der Waals surface area (Å²) in [5.74, 6) is 1.15. The maximum atomic E-state index is 4.65. The molecule has 4 rings (SSSR count). The summed E-state index contributed by atoms with van der Waals surface area (Å²) in [7, 11) is 2.27. The van der Waals surface area contributed by atoms with Gasteiger partial charge in [-0.2, -0.15) is 0 Å². The molecule has 0 radical (unpaired) electrons. The van der Waals surface area contributed by atoms with E-state index in [0.717, 1.165) is 30.3 Å². The van der Waals surface area contributed by atoms with E-state index in [9.17, 15) is 0 Å². The lowest BCUT2D eigenvalue weighted by atomic mass is 9.79. The highest BCUT2D eigenvalue weighted by Crippen LogP contribution is 2.40. The largest absolute Gasteiger partial charge is 0.344 e. The van der Waals surface area contributed by atoms with Gasteiger partial charge in [0.15, 0.2) is 5.13 Å². The van der Waals surface area contributed by atoms with Crippen LogP contribution in [0.2, 0.25) is 0 Å². The number of allylic oxidation sites excluding steroid dienone is 5. The molecule has 1 fully saturated rings. The molecular weight excluding hydrogens is 470 g/mol. The monoisotopic (exact) mass is 517 g/mol. The number of nitrogens with one attached hydrogen (secondary N) is 1. The van der Waals surface area contributed by atoms with E-state index in [0.29, 0.717) is 5.92 Å². The van der Waals surface area contributed by atoms with E-state index in [4.69, 9.17) is 0 Å². The summed E-state index contributed by atoms with van der Waals surface area (Å²) in [6.45, 7) is 8.93. The van der Waals surface area contributed by atoms with Gasteiger partial charge in [-0.1, -0.05) is 82.7 Å². The molecule has 2 aliphatic carbocycles. The summed E-state index contributed by atoms with van der Waals surface area (Å²) in [5, 5.41) is 4.78. The molecule has 1 aromatic heterocycles. The second-order valence-corrected chi connectivity index (χ2v) is 12.2. The first kappa shape index (κ1) is 27.7. The lowest BCUT2D eigenvalue weighted by Crippen LogP contribution is -2.21. The molecule has 0 amide bonds. The third kappa shape index (κ3) is 7.16. The fourth-order valence-corrected chi connectivity index (χ4v) is 6.82. The van der Waals surface area contributed by atoms with Crippen molar-refractivity contribution in [2.45, 2.75) is 104 Å². The number of likely N-dealkylation sites (N-methyl/N-ethyl adjacent to an activating group) is 1. The molecule has 2 aliphatic rings. The normalized spacial score (nSPS) is 17.8. The van der Waals surface area contributed by atoms with Crippen LogP contribution in [0.15, 0.2) is 59.6 Å². The highest BCUT2D eigenvalue weighted by Gasteiger charge is 2.25. The van der Waals surface area contributed by atoms with Crippen LogP contribution in [0.1, 0.15) is 106 Å². The Bertz CT molecular complexity index is 1120. The minimum atomic E-state index is 0.353. The average Bonchev–Trinajstić information content (AvgIpc) is 3.32. The quantitative estimate of drug-likeness (QED) is 0.321. The summed E-state index contributed by atoms with van der Waals surface area (Å²) >= 11 is 1.75. The third-order valence-electron chi connectivity index (χ3n) is 8.07. The standard InChI is InChI=1S/C33H47N3S/c1-6-13-27-17-11-12-18-31(27)36(5)32-22-28(20-19-24(32)3)29(21-26-15-9-8-10-16-26)30(14-7-2)35-33-34-23-25(4)37-33/h14,17-20,22-23,26,29H,6-13,15-16,21H2,1-5H3,(H,34,35). The first-order valence-electron chi connectivity index (χ1n) is 14.6. The minimum absolute atomic E-state index is 0.353. The zero-order valence-electron chi connectivity index (χ0n) is 23.8. The number of rotatable bonds is 11. The van der Waals surface area contributed by atoms with Crippen molar-refractivity contribution in [3.63, 3.8) is 0 Å². The number of aromatic nitrogens is 1. The molecule has 1 N–H and O–H groups in total. The number of hydrogen-bond acceptors (Lipinski definition) is 4. The van der Waals surface area contributed by atoms with Gasteiger partial charge in [0, 0.05) is 41.1 Å². The molecule has 0 saturated heterocycles. The Labute approximate surface area is 229 Å². The molecule has 3 nitrogen and oxygen atoms in total. The van der Waals surface area contributed by atoms with E-state index < -0.39 is 0 Å². The molecule has 0 spiro atoms. The lowest BCUT2D eigenvalue weighted by molar-refractivity contribution is 0.326. The van der Waals surface area contributed by atoms with Gasteiger partial charge in [0.25, 0.3) is 0 Å². The van der Waals surface area contributed by atoms with Gasteiger partial charge in [0.1, 0.15) is 0 Å². The average molecular weight is 518 g/mol. The summed E-state index contributed by atoms with van der Waals surface area (Å²) in [4.78, 5) is 8.36. The maximum Gasteiger partial charge on any atom is 0.187 e. The molecule has 0 aliphatic heterocycles. The van der Waals surface area contributed by atoms with Gasteiger partial charge in [-0.05, 0) is 74.6 Å². The Morgan fingerprint density at radius 2 is 1.92 bits per heavy atom. The van der Waals surface area contributed by atoms with Crippen molar-refractivity contribution in [3.8, 4) is 0 Å². The fourth-order valence-electron chi connectivity index (χ4n) is 6.13. The minimum Gasteiger partial charge on any atom is -0.344 e. The second kappa shape index (κ2) is 13.5. The molecule has 2 aromatic rings. The fraction of sp³-hybridized carbons (Fsp3) is 0.545. The molecule has 1 atom stereocenters. The number of benzene rings is 1. The van der Waals surface area contributed by atoms with Gasteiger partial charge in [-0.15, -0.1) is 11.3 Å². The van der Waals surface area contributed by atoms with Gasteiger partial charge in [-0.25, -0.2) is 4.98 Å². The van der Waals surface area contributed by atoms with E-state index in [-0.39, 0.29) is 0 Å². The van der Waals surface area contributed by atoms with E-state index in [1.807, 2.05) is 6.20 Å². The molecule has 1 unspecified atom stereocenters. The summed E-state index contributed by atoms with van der Waals surface area (Å²) in [6, 6.07) is 7.22. The molecule has 0 bridgehead atoms. The van der Waals surface area contributed by atoms with Crippen LogP contribution in [0, 0.1) is 19.8 Å². The van der Waals surface area contributed by atoms with Crippen molar-refractivity contribution in [3.05, 3.63) is 75.6 Å². The molecule has 1 aromatic carbocycles. The van der Waals surface area contributed by atoms with Gasteiger partial charge < -0.3 is 10.2 Å². The molecule has 200 valence electrons. The Morgan fingerprint density at radius 1 is 1.14 bits per heavy atom. The second-order valence-electron chi connectivity index (χ2n) is 11.0. The van der Waals surface area contributed by atoms with E-state index in [2.05, 4.69) is 86.4 Å². The Hall–Kier alpha value is -2.33. The van der Waals surface area contributed by atoms with Gasteiger partial charge in [0.2, 0.25) is 0 Å². The number of nitrogens with zero attached hydrogens (tertiary/aromatic N) is 2. The van der Waals surface area contributed by atoms with Crippen LogP contribution >= 0.6 is 11.3 Å². The van der Waals surface area contributed by atoms with Crippen LogP contribution in [-0.4, -0.2) is 12.0 Å². The third-order valence-corrected chi connectivity index (χ3v) is 8.90. The SMILES string of the molecule is CCC=C(Nc1ncc(C)s1)C(CC1CCCCC1)c1ccc(C)c(N(C)C2=CCCC=C2CCC)c1. The summed E-state index contributed by atoms with van der Waals surface area (Å²) < 4.78 is 0. The Kier molecular flexibility index (Phi) is 10.1. The highest BCUT2D eigenvalue weighted by molar-refractivity contribution is 7.15. The van der Waals surface area contributed by atoms with Gasteiger partial charge >= 0.3 is 0 Å². The van der Waals surface area contributed by atoms with E-state index >= 15 is 0 Å². The highest BCUT2D eigenvalue weighted by atomic mass is 32.1. The number of thiazole rings is 1. The predicted octanol–water partition coefficient (Wildman–Crippen LogP) is 10.1. The molecule has 1 heterocycles. The zero-order chi connectivity index (χ0) is 26.2. The van der Waals surface area contributed by atoms with Crippen LogP contribution < -0.4 is 10.2 Å². The van der Waals surface area contributed by atoms with Crippen molar-refractivity contribution in [1.82, 2.24) is 4.98 Å². The molecular formula is C33H47N3S. The van der Waals surface area contributed by atoms with Crippen molar-refractivity contribution in [2.24, 2.45) is 5.92 Å². The summed E-state index contributed by atoms with van der Waals surface area (Å²) in [5.41, 5.74) is 8.33. The first-order chi connectivity index (χ1) is 18.0. The van der Waals surface area contributed by atoms with Crippen molar-refractivity contribution < 1.29 is 0 Å². The zero-order valence-corrected chi connectivity index (χ0v) is 24.6. The van der Waals surface area contributed by atoms with E-state index in [1.54, 1.807) is 11.3 Å². The van der Waals surface area contributed by atoms with Crippen LogP contribution in [0.3, 0.4) is 0 Å². The first-order valence-corrected chi connectivity index (χ1v) is 15.4. The molecule has 37 heavy (non-hydrogen) atoms. The van der Waals surface area contributed by atoms with Crippen LogP contribution in [0.5, 0.6) is 0 Å². The number of hydrogen-bond donors (Lipinski definition) is 1. The maximum absolute atomic E-state index is 4.65. The van der Waals surface area contributed by atoms with E-state index in [1.165, 1.54) is 90.0 Å². The van der Waals surface area contributed by atoms with Crippen LogP contribution in [0.25, 0.3) is 0 Å². The van der Waals surface area contributed by atoms with Crippen molar-refractivity contribution >= 4 is 22.2 Å². The topological polar surface area (TPSA) is 28.2 Å². The number of anilines is 2. The Balaban J connectivity index is 1.70. The number of aryl methyl sites for hydroxylation is 2. The lowest BCUT2D eigenvalue weighted by Gasteiger charge is -2.32. The van der Waals surface area contributed by atoms with Gasteiger partial charge in [-0.3, -0.25) is 0 Å². The van der Waals surface area contributed by atoms with Crippen LogP contribution in [0.4, 0.5) is 10.8 Å². The predicted molar refractivity (Wildman–Crippen MR) is 163 cm³/mol. The van der Waals surface area contributed by atoms with Crippen molar-refractivity contribution in [2.75, 3.05) is 17.3 Å².